The van der Waals surface area contributed by atoms with Gasteiger partial charge in [-0.2, -0.15) is 0 Å². The first-order chi connectivity index (χ1) is 12.2. The number of benzene rings is 2. The van der Waals surface area contributed by atoms with Gasteiger partial charge in [-0.1, -0.05) is 71.0 Å². The van der Waals surface area contributed by atoms with Crippen molar-refractivity contribution < 1.29 is 9.05 Å². The van der Waals surface area contributed by atoms with Crippen molar-refractivity contribution in [3.8, 4) is 22.6 Å². The van der Waals surface area contributed by atoms with Gasteiger partial charge in [-0.25, -0.2) is 0 Å². The molecule has 0 saturated heterocycles. The standard InChI is InChI=1S/C21H18N2O2/c1-14-18(20(24-22-14)16-9-5-3-6-10-16)13-19-15(2)23-25-21(19)17-11-7-4-8-12-17/h3-12H,13H2,1-2H3. The predicted molar refractivity (Wildman–Crippen MR) is 96.2 cm³/mol. The lowest BCUT2D eigenvalue weighted by atomic mass is 9.97. The Labute approximate surface area is 146 Å². The van der Waals surface area contributed by atoms with Crippen molar-refractivity contribution in [1.29, 1.82) is 0 Å². The van der Waals surface area contributed by atoms with Crippen LogP contribution in [0.25, 0.3) is 22.6 Å². The normalized spacial score (nSPS) is 11.0. The van der Waals surface area contributed by atoms with Gasteiger partial charge >= 0.3 is 0 Å². The van der Waals surface area contributed by atoms with E-state index in [4.69, 9.17) is 9.05 Å². The Morgan fingerprint density at radius 2 is 1.04 bits per heavy atom. The molecule has 0 aliphatic carbocycles. The van der Waals surface area contributed by atoms with Gasteiger partial charge in [0.2, 0.25) is 0 Å². The van der Waals surface area contributed by atoms with E-state index in [2.05, 4.69) is 10.3 Å². The Morgan fingerprint density at radius 1 is 0.640 bits per heavy atom. The molecule has 0 amide bonds. The maximum Gasteiger partial charge on any atom is 0.170 e. The summed E-state index contributed by atoms with van der Waals surface area (Å²) < 4.78 is 11.2. The Balaban J connectivity index is 1.78. The lowest BCUT2D eigenvalue weighted by Crippen LogP contribution is -1.95. The summed E-state index contributed by atoms with van der Waals surface area (Å²) in [6.45, 7) is 3.94. The summed E-state index contributed by atoms with van der Waals surface area (Å²) in [4.78, 5) is 0. The topological polar surface area (TPSA) is 52.1 Å². The van der Waals surface area contributed by atoms with Crippen molar-refractivity contribution in [3.63, 3.8) is 0 Å². The van der Waals surface area contributed by atoms with Gasteiger partial charge in [0.25, 0.3) is 0 Å². The largest absolute Gasteiger partial charge is 0.356 e. The van der Waals surface area contributed by atoms with E-state index < -0.39 is 0 Å². The van der Waals surface area contributed by atoms with Gasteiger partial charge in [-0.05, 0) is 13.8 Å². The van der Waals surface area contributed by atoms with Crippen LogP contribution in [0.4, 0.5) is 0 Å². The molecule has 4 rings (SSSR count). The van der Waals surface area contributed by atoms with Crippen LogP contribution in [0.3, 0.4) is 0 Å². The van der Waals surface area contributed by atoms with Crippen molar-refractivity contribution in [2.24, 2.45) is 0 Å². The van der Waals surface area contributed by atoms with Crippen LogP contribution in [-0.4, -0.2) is 10.3 Å². The minimum Gasteiger partial charge on any atom is -0.356 e. The third-order valence-electron chi connectivity index (χ3n) is 4.39. The number of hydrogen-bond donors (Lipinski definition) is 0. The quantitative estimate of drug-likeness (QED) is 0.516. The second kappa shape index (κ2) is 6.40. The molecule has 2 heterocycles. The van der Waals surface area contributed by atoms with Crippen LogP contribution in [0.1, 0.15) is 22.5 Å². The lowest BCUT2D eigenvalue weighted by molar-refractivity contribution is 0.426. The van der Waals surface area contributed by atoms with Crippen molar-refractivity contribution in [2.75, 3.05) is 0 Å². The van der Waals surface area contributed by atoms with Crippen LogP contribution in [0, 0.1) is 13.8 Å². The number of rotatable bonds is 4. The average Bonchev–Trinajstić information content (AvgIpc) is 3.21. The fraction of sp³-hybridized carbons (Fsp3) is 0.143. The highest BCUT2D eigenvalue weighted by Crippen LogP contribution is 2.33. The van der Waals surface area contributed by atoms with Crippen LogP contribution >= 0.6 is 0 Å². The zero-order valence-corrected chi connectivity index (χ0v) is 14.2. The van der Waals surface area contributed by atoms with Gasteiger partial charge in [-0.3, -0.25) is 0 Å². The molecule has 4 heteroatoms. The van der Waals surface area contributed by atoms with E-state index in [9.17, 15) is 0 Å². The molecule has 2 aromatic heterocycles. The fourth-order valence-electron chi connectivity index (χ4n) is 3.00. The van der Waals surface area contributed by atoms with Crippen molar-refractivity contribution in [1.82, 2.24) is 10.3 Å². The Morgan fingerprint density at radius 3 is 1.44 bits per heavy atom. The third-order valence-corrected chi connectivity index (χ3v) is 4.39. The van der Waals surface area contributed by atoms with Gasteiger partial charge in [0.05, 0.1) is 11.4 Å². The summed E-state index contributed by atoms with van der Waals surface area (Å²) in [5.74, 6) is 1.61. The fourth-order valence-corrected chi connectivity index (χ4v) is 3.00. The van der Waals surface area contributed by atoms with Gasteiger partial charge in [0.15, 0.2) is 11.5 Å². The SMILES string of the molecule is Cc1noc(-c2ccccc2)c1Cc1c(C)noc1-c1ccccc1. The minimum atomic E-state index is 0.666. The monoisotopic (exact) mass is 330 g/mol. The van der Waals surface area contributed by atoms with Crippen LogP contribution in [0.15, 0.2) is 69.7 Å². The molecule has 0 N–H and O–H groups in total. The van der Waals surface area contributed by atoms with Crippen LogP contribution in [0.2, 0.25) is 0 Å². The molecule has 2 aromatic carbocycles. The molecule has 0 aliphatic rings. The molecule has 4 nitrogen and oxygen atoms in total. The lowest BCUT2D eigenvalue weighted by Gasteiger charge is -2.05. The highest BCUT2D eigenvalue weighted by Gasteiger charge is 2.21. The van der Waals surface area contributed by atoms with E-state index in [0.717, 1.165) is 45.2 Å². The third kappa shape index (κ3) is 2.87. The second-order valence-corrected chi connectivity index (χ2v) is 6.06. The van der Waals surface area contributed by atoms with E-state index >= 15 is 0 Å². The molecule has 124 valence electrons. The molecular weight excluding hydrogens is 312 g/mol. The number of aryl methyl sites for hydroxylation is 2. The number of aromatic nitrogens is 2. The predicted octanol–water partition coefficient (Wildman–Crippen LogP) is 5.20. The van der Waals surface area contributed by atoms with E-state index in [1.165, 1.54) is 0 Å². The number of hydrogen-bond acceptors (Lipinski definition) is 4. The summed E-state index contributed by atoms with van der Waals surface area (Å²) in [7, 11) is 0. The van der Waals surface area contributed by atoms with Gasteiger partial charge in [-0.15, -0.1) is 0 Å². The smallest absolute Gasteiger partial charge is 0.170 e. The first kappa shape index (κ1) is 15.4. The summed E-state index contributed by atoms with van der Waals surface area (Å²) in [6, 6.07) is 20.1. The summed E-state index contributed by atoms with van der Waals surface area (Å²) in [6.07, 6.45) is 0.666. The van der Waals surface area contributed by atoms with Gasteiger partial charge in [0, 0.05) is 28.7 Å². The molecule has 0 fully saturated rings. The van der Waals surface area contributed by atoms with E-state index in [-0.39, 0.29) is 0 Å². The van der Waals surface area contributed by atoms with Crippen LogP contribution in [-0.2, 0) is 6.42 Å². The van der Waals surface area contributed by atoms with Crippen molar-refractivity contribution in [3.05, 3.63) is 83.2 Å². The summed E-state index contributed by atoms with van der Waals surface area (Å²) >= 11 is 0. The van der Waals surface area contributed by atoms with Gasteiger partial charge in [0.1, 0.15) is 0 Å². The zero-order valence-electron chi connectivity index (χ0n) is 14.2. The summed E-state index contributed by atoms with van der Waals surface area (Å²) in [5.41, 5.74) is 5.95. The maximum atomic E-state index is 5.61. The molecule has 25 heavy (non-hydrogen) atoms. The van der Waals surface area contributed by atoms with Crippen molar-refractivity contribution in [2.45, 2.75) is 20.3 Å². The molecule has 0 spiro atoms. The summed E-state index contributed by atoms with van der Waals surface area (Å²) in [5, 5.41) is 8.36. The molecule has 0 aliphatic heterocycles. The van der Waals surface area contributed by atoms with Crippen LogP contribution < -0.4 is 0 Å². The first-order valence-corrected chi connectivity index (χ1v) is 8.25. The molecule has 0 bridgehead atoms. The van der Waals surface area contributed by atoms with Crippen molar-refractivity contribution >= 4 is 0 Å². The Bertz CT molecular complexity index is 904. The highest BCUT2D eigenvalue weighted by molar-refractivity contribution is 5.66. The Kier molecular flexibility index (Phi) is 3.94. The number of nitrogens with zero attached hydrogens (tertiary/aromatic N) is 2. The molecule has 0 atom stereocenters. The molecule has 0 unspecified atom stereocenters. The molecule has 4 aromatic rings. The average molecular weight is 330 g/mol. The molecular formula is C21H18N2O2. The Hall–Kier alpha value is -3.14. The minimum absolute atomic E-state index is 0.666. The first-order valence-electron chi connectivity index (χ1n) is 8.25. The maximum absolute atomic E-state index is 5.61. The molecule has 0 radical (unpaired) electrons. The van der Waals surface area contributed by atoms with E-state index in [0.29, 0.717) is 6.42 Å². The molecule has 0 saturated carbocycles. The van der Waals surface area contributed by atoms with E-state index in [1.54, 1.807) is 0 Å². The van der Waals surface area contributed by atoms with Crippen LogP contribution in [0.5, 0.6) is 0 Å². The zero-order chi connectivity index (χ0) is 17.2. The highest BCUT2D eigenvalue weighted by atomic mass is 16.5. The second-order valence-electron chi connectivity index (χ2n) is 6.06. The van der Waals surface area contributed by atoms with E-state index in [1.807, 2.05) is 74.5 Å². The van der Waals surface area contributed by atoms with Gasteiger partial charge < -0.3 is 9.05 Å².